The molecule has 1 aromatic rings. The van der Waals surface area contributed by atoms with Gasteiger partial charge in [0, 0.05) is 17.6 Å². The molecule has 2 aliphatic rings. The molecule has 126 valence electrons. The summed E-state index contributed by atoms with van der Waals surface area (Å²) >= 11 is 9.34. The number of carbonyl (C=O) groups is 1. The van der Waals surface area contributed by atoms with Gasteiger partial charge in [-0.2, -0.15) is 0 Å². The van der Waals surface area contributed by atoms with Gasteiger partial charge in [0.25, 0.3) is 5.91 Å². The van der Waals surface area contributed by atoms with Crippen molar-refractivity contribution >= 4 is 33.4 Å². The van der Waals surface area contributed by atoms with E-state index in [1.807, 2.05) is 4.90 Å². The number of hydrogen-bond donors (Lipinski definition) is 0. The van der Waals surface area contributed by atoms with Gasteiger partial charge in [-0.05, 0) is 64.2 Å². The highest BCUT2D eigenvalue weighted by atomic mass is 79.9. The fraction of sp³-hybridized carbons (Fsp3) is 0.611. The van der Waals surface area contributed by atoms with Gasteiger partial charge in [-0.1, -0.05) is 32.4 Å². The van der Waals surface area contributed by atoms with E-state index in [0.29, 0.717) is 22.2 Å². The number of halogens is 2. The van der Waals surface area contributed by atoms with Gasteiger partial charge in [-0.3, -0.25) is 4.79 Å². The average Bonchev–Trinajstić information content (AvgIpc) is 2.66. The molecule has 0 unspecified atom stereocenters. The first-order valence-electron chi connectivity index (χ1n) is 8.05. The zero-order chi connectivity index (χ0) is 16.8. The van der Waals surface area contributed by atoms with Crippen LogP contribution in [0.1, 0.15) is 40.0 Å². The topological polar surface area (TPSA) is 29.5 Å². The second-order valence-electron chi connectivity index (χ2n) is 8.10. The third-order valence-corrected chi connectivity index (χ3v) is 5.84. The van der Waals surface area contributed by atoms with Crippen molar-refractivity contribution in [3.63, 3.8) is 0 Å². The van der Waals surface area contributed by atoms with E-state index in [1.165, 1.54) is 6.42 Å². The van der Waals surface area contributed by atoms with E-state index in [1.54, 1.807) is 18.2 Å². The van der Waals surface area contributed by atoms with Gasteiger partial charge in [0.1, 0.15) is 5.75 Å². The number of amides is 1. The van der Waals surface area contributed by atoms with Gasteiger partial charge in [0.05, 0.1) is 4.47 Å². The normalized spacial score (nSPS) is 28.7. The van der Waals surface area contributed by atoms with E-state index in [0.717, 1.165) is 23.9 Å². The average molecular weight is 401 g/mol. The molecule has 2 fully saturated rings. The maximum absolute atomic E-state index is 12.7. The molecule has 0 radical (unpaired) electrons. The third-order valence-electron chi connectivity index (χ3n) is 4.98. The predicted molar refractivity (Wildman–Crippen MR) is 95.9 cm³/mol. The van der Waals surface area contributed by atoms with Crippen molar-refractivity contribution in [2.45, 2.75) is 46.1 Å². The molecule has 1 amide bonds. The fourth-order valence-electron chi connectivity index (χ4n) is 4.57. The highest BCUT2D eigenvalue weighted by Gasteiger charge is 2.50. The molecule has 1 aliphatic heterocycles. The molecule has 1 aromatic carbocycles. The van der Waals surface area contributed by atoms with Crippen molar-refractivity contribution in [3.05, 3.63) is 27.7 Å². The smallest absolute Gasteiger partial charge is 0.260 e. The van der Waals surface area contributed by atoms with E-state index in [-0.39, 0.29) is 17.9 Å². The fourth-order valence-corrected chi connectivity index (χ4v) is 5.36. The van der Waals surface area contributed by atoms with Crippen LogP contribution in [-0.2, 0) is 4.79 Å². The van der Waals surface area contributed by atoms with Crippen molar-refractivity contribution in [1.29, 1.82) is 0 Å². The Morgan fingerprint density at radius 2 is 2.13 bits per heavy atom. The highest BCUT2D eigenvalue weighted by Crippen LogP contribution is 2.52. The first kappa shape index (κ1) is 17.1. The van der Waals surface area contributed by atoms with Crippen LogP contribution in [0.25, 0.3) is 0 Å². The molecule has 0 aromatic heterocycles. The summed E-state index contributed by atoms with van der Waals surface area (Å²) in [7, 11) is 0. The Hall–Kier alpha value is -0.740. The molecule has 1 saturated heterocycles. The van der Waals surface area contributed by atoms with Crippen LogP contribution in [-0.4, -0.2) is 30.0 Å². The zero-order valence-electron chi connectivity index (χ0n) is 13.9. The molecule has 3 nitrogen and oxygen atoms in total. The Bertz CT molecular complexity index is 633. The Kier molecular flexibility index (Phi) is 4.43. The van der Waals surface area contributed by atoms with Crippen LogP contribution < -0.4 is 4.74 Å². The standard InChI is InChI=1S/C18H23BrClNO2/c1-17(2)7-13-8-18(3,10-17)11-21(13)16(22)9-23-15-5-4-12(20)6-14(15)19/h4-6,13H,7-11H2,1-3H3/t13-,18-/m0/s1. The van der Waals surface area contributed by atoms with Gasteiger partial charge < -0.3 is 9.64 Å². The minimum Gasteiger partial charge on any atom is -0.483 e. The summed E-state index contributed by atoms with van der Waals surface area (Å²) in [4.78, 5) is 14.7. The van der Waals surface area contributed by atoms with Crippen molar-refractivity contribution in [1.82, 2.24) is 4.90 Å². The maximum Gasteiger partial charge on any atom is 0.260 e. The van der Waals surface area contributed by atoms with E-state index in [9.17, 15) is 4.79 Å². The first-order chi connectivity index (χ1) is 10.7. The molecule has 0 spiro atoms. The lowest BCUT2D eigenvalue weighted by atomic mass is 9.65. The van der Waals surface area contributed by atoms with Crippen LogP contribution in [0.3, 0.4) is 0 Å². The Labute approximate surface area is 151 Å². The molecule has 2 atom stereocenters. The molecular weight excluding hydrogens is 378 g/mol. The Balaban J connectivity index is 1.65. The van der Waals surface area contributed by atoms with Crippen molar-refractivity contribution < 1.29 is 9.53 Å². The monoisotopic (exact) mass is 399 g/mol. The number of hydrogen-bond acceptors (Lipinski definition) is 2. The number of rotatable bonds is 3. The summed E-state index contributed by atoms with van der Waals surface area (Å²) in [6.45, 7) is 7.86. The number of carbonyl (C=O) groups excluding carboxylic acids is 1. The van der Waals surface area contributed by atoms with Crippen LogP contribution in [0.2, 0.25) is 5.02 Å². The molecule has 23 heavy (non-hydrogen) atoms. The van der Waals surface area contributed by atoms with Gasteiger partial charge in [-0.25, -0.2) is 0 Å². The summed E-state index contributed by atoms with van der Waals surface area (Å²) < 4.78 is 6.47. The summed E-state index contributed by atoms with van der Waals surface area (Å²) in [6, 6.07) is 5.67. The minimum absolute atomic E-state index is 0.0766. The number of nitrogens with zero attached hydrogens (tertiary/aromatic N) is 1. The first-order valence-corrected chi connectivity index (χ1v) is 9.22. The van der Waals surface area contributed by atoms with E-state index in [2.05, 4.69) is 36.7 Å². The summed E-state index contributed by atoms with van der Waals surface area (Å²) in [5.74, 6) is 0.731. The predicted octanol–water partition coefficient (Wildman–Crippen LogP) is 4.91. The number of likely N-dealkylation sites (tertiary alicyclic amines) is 1. The van der Waals surface area contributed by atoms with Crippen LogP contribution >= 0.6 is 27.5 Å². The van der Waals surface area contributed by atoms with Crippen molar-refractivity contribution in [2.24, 2.45) is 10.8 Å². The van der Waals surface area contributed by atoms with E-state index < -0.39 is 0 Å². The molecule has 1 saturated carbocycles. The van der Waals surface area contributed by atoms with Crippen LogP contribution in [0.15, 0.2) is 22.7 Å². The molecule has 1 heterocycles. The van der Waals surface area contributed by atoms with Gasteiger partial charge in [-0.15, -0.1) is 0 Å². The number of fused-ring (bicyclic) bond motifs is 2. The third kappa shape index (κ3) is 3.69. The molecule has 2 bridgehead atoms. The van der Waals surface area contributed by atoms with Gasteiger partial charge in [0.15, 0.2) is 6.61 Å². The number of ether oxygens (including phenoxy) is 1. The van der Waals surface area contributed by atoms with Gasteiger partial charge >= 0.3 is 0 Å². The zero-order valence-corrected chi connectivity index (χ0v) is 16.2. The summed E-state index contributed by atoms with van der Waals surface area (Å²) in [5, 5.41) is 0.638. The number of benzene rings is 1. The minimum atomic E-state index is 0.0766. The summed E-state index contributed by atoms with van der Waals surface area (Å²) in [5.41, 5.74) is 0.565. The SMILES string of the molecule is CC1(C)C[C@H]2C[C@](C)(CN2C(=O)COc2ccc(Cl)cc2Br)C1. The largest absolute Gasteiger partial charge is 0.483 e. The van der Waals surface area contributed by atoms with E-state index >= 15 is 0 Å². The lowest BCUT2D eigenvalue weighted by Crippen LogP contribution is -2.40. The Morgan fingerprint density at radius 3 is 2.83 bits per heavy atom. The Morgan fingerprint density at radius 1 is 1.39 bits per heavy atom. The van der Waals surface area contributed by atoms with Crippen LogP contribution in [0, 0.1) is 10.8 Å². The van der Waals surface area contributed by atoms with Crippen molar-refractivity contribution in [2.75, 3.05) is 13.2 Å². The van der Waals surface area contributed by atoms with Crippen LogP contribution in [0.5, 0.6) is 5.75 Å². The summed E-state index contributed by atoms with van der Waals surface area (Å²) in [6.07, 6.45) is 3.38. The molecular formula is C18H23BrClNO2. The van der Waals surface area contributed by atoms with E-state index in [4.69, 9.17) is 16.3 Å². The lowest BCUT2D eigenvalue weighted by Gasteiger charge is -2.39. The quantitative estimate of drug-likeness (QED) is 0.721. The second kappa shape index (κ2) is 5.96. The lowest BCUT2D eigenvalue weighted by molar-refractivity contribution is -0.134. The molecule has 5 heteroatoms. The second-order valence-corrected chi connectivity index (χ2v) is 9.39. The van der Waals surface area contributed by atoms with Gasteiger partial charge in [0.2, 0.25) is 0 Å². The molecule has 3 rings (SSSR count). The van der Waals surface area contributed by atoms with Crippen molar-refractivity contribution in [3.8, 4) is 5.75 Å². The molecule has 1 aliphatic carbocycles. The molecule has 0 N–H and O–H groups in total. The maximum atomic E-state index is 12.7. The highest BCUT2D eigenvalue weighted by molar-refractivity contribution is 9.10. The van der Waals surface area contributed by atoms with Crippen LogP contribution in [0.4, 0.5) is 0 Å².